The molecule has 10 nitrogen and oxygen atoms in total. The van der Waals surface area contributed by atoms with Gasteiger partial charge in [-0.25, -0.2) is 17.9 Å². The highest BCUT2D eigenvalue weighted by Gasteiger charge is 2.26. The van der Waals surface area contributed by atoms with Gasteiger partial charge >= 0.3 is 11.9 Å². The molecule has 38 heavy (non-hydrogen) atoms. The topological polar surface area (TPSA) is 137 Å². The summed E-state index contributed by atoms with van der Waals surface area (Å²) in [5.41, 5.74) is 0.918. The summed E-state index contributed by atoms with van der Waals surface area (Å²) in [6.45, 7) is 6.75. The van der Waals surface area contributed by atoms with Gasteiger partial charge in [-0.3, -0.25) is 9.59 Å². The van der Waals surface area contributed by atoms with E-state index in [0.29, 0.717) is 0 Å². The van der Waals surface area contributed by atoms with Crippen LogP contribution in [0, 0.1) is 18.8 Å². The first-order valence-electron chi connectivity index (χ1n) is 12.5. The van der Waals surface area contributed by atoms with Gasteiger partial charge < -0.3 is 19.5 Å². The Kier molecular flexibility index (Phi) is 12.1. The van der Waals surface area contributed by atoms with Crippen molar-refractivity contribution in [3.05, 3.63) is 54.1 Å². The number of cyclic esters (lactones) is 2. The molecular weight excluding hydrogens is 512 g/mol. The van der Waals surface area contributed by atoms with Crippen LogP contribution in [0.1, 0.15) is 39.2 Å². The summed E-state index contributed by atoms with van der Waals surface area (Å²) >= 11 is 0. The van der Waals surface area contributed by atoms with Gasteiger partial charge in [-0.2, -0.15) is 0 Å². The third-order valence-corrected chi connectivity index (χ3v) is 7.68. The highest BCUT2D eigenvalue weighted by Crippen LogP contribution is 2.15. The molecule has 0 bridgehead atoms. The molecule has 1 aliphatic heterocycles. The SMILES string of the molecule is CO[C@H]1COC(=O)[C@H](C)NC(=O)CC=C[C@@H](C)[C@H](NS(=O)(=O)c2ccc(C)cc2)COC(=O)CC=C[C@@H]1C. The lowest BCUT2D eigenvalue weighted by molar-refractivity contribution is -0.151. The van der Waals surface area contributed by atoms with Crippen LogP contribution < -0.4 is 10.0 Å². The minimum Gasteiger partial charge on any atom is -0.464 e. The standard InChI is InChI=1S/C27H38N2O8S/c1-18-12-14-22(15-13-18)38(33,34)29-23-16-36-26(31)11-7-9-20(3)24(35-5)17-37-27(32)21(4)28-25(30)10-6-8-19(23)2/h6-9,12-15,19-21,23-24,29H,10-11,16-17H2,1-5H3,(H,28,30)/t19-,20+,21+,23-,24+/m1/s1. The van der Waals surface area contributed by atoms with Crippen molar-refractivity contribution in [2.75, 3.05) is 20.3 Å². The summed E-state index contributed by atoms with van der Waals surface area (Å²) in [5.74, 6) is -2.15. The van der Waals surface area contributed by atoms with E-state index >= 15 is 0 Å². The quantitative estimate of drug-likeness (QED) is 0.431. The van der Waals surface area contributed by atoms with Crippen LogP contribution in [0.2, 0.25) is 0 Å². The molecule has 1 aromatic carbocycles. The summed E-state index contributed by atoms with van der Waals surface area (Å²) in [6.07, 6.45) is 6.10. The Morgan fingerprint density at radius 1 is 0.921 bits per heavy atom. The lowest BCUT2D eigenvalue weighted by Crippen LogP contribution is -2.42. The number of amides is 1. The van der Waals surface area contributed by atoms with E-state index in [1.54, 1.807) is 43.4 Å². The van der Waals surface area contributed by atoms with Crippen LogP contribution in [-0.2, 0) is 38.6 Å². The van der Waals surface area contributed by atoms with Crippen molar-refractivity contribution in [3.63, 3.8) is 0 Å². The molecule has 1 aromatic rings. The van der Waals surface area contributed by atoms with E-state index in [1.165, 1.54) is 26.2 Å². The van der Waals surface area contributed by atoms with Gasteiger partial charge in [0.2, 0.25) is 15.9 Å². The van der Waals surface area contributed by atoms with Crippen molar-refractivity contribution in [1.82, 2.24) is 10.0 Å². The molecule has 2 N–H and O–H groups in total. The molecule has 1 amide bonds. The van der Waals surface area contributed by atoms with Gasteiger partial charge in [0.25, 0.3) is 0 Å². The predicted molar refractivity (Wildman–Crippen MR) is 141 cm³/mol. The van der Waals surface area contributed by atoms with E-state index in [2.05, 4.69) is 10.0 Å². The van der Waals surface area contributed by atoms with E-state index in [-0.39, 0.29) is 36.9 Å². The van der Waals surface area contributed by atoms with Gasteiger partial charge in [0, 0.05) is 19.4 Å². The van der Waals surface area contributed by atoms with Gasteiger partial charge in [0.1, 0.15) is 19.3 Å². The molecule has 5 atom stereocenters. The molecule has 0 unspecified atom stereocenters. The normalized spacial score (nSPS) is 26.9. The van der Waals surface area contributed by atoms with Crippen molar-refractivity contribution in [3.8, 4) is 0 Å². The van der Waals surface area contributed by atoms with Crippen LogP contribution in [0.25, 0.3) is 0 Å². The smallest absolute Gasteiger partial charge is 0.328 e. The molecule has 1 heterocycles. The Morgan fingerprint density at radius 3 is 2.21 bits per heavy atom. The summed E-state index contributed by atoms with van der Waals surface area (Å²) in [6, 6.07) is 4.75. The van der Waals surface area contributed by atoms with Gasteiger partial charge in [0.15, 0.2) is 0 Å². The fourth-order valence-electron chi connectivity index (χ4n) is 3.63. The van der Waals surface area contributed by atoms with Gasteiger partial charge in [-0.15, -0.1) is 0 Å². The molecule has 0 aliphatic carbocycles. The average molecular weight is 551 g/mol. The van der Waals surface area contributed by atoms with Crippen molar-refractivity contribution in [1.29, 1.82) is 0 Å². The maximum Gasteiger partial charge on any atom is 0.328 e. The van der Waals surface area contributed by atoms with Crippen LogP contribution in [0.4, 0.5) is 0 Å². The van der Waals surface area contributed by atoms with E-state index in [9.17, 15) is 22.8 Å². The minimum absolute atomic E-state index is 0.0221. The number of sulfonamides is 1. The first-order chi connectivity index (χ1) is 17.9. The third-order valence-electron chi connectivity index (χ3n) is 6.17. The fourth-order valence-corrected chi connectivity index (χ4v) is 4.94. The van der Waals surface area contributed by atoms with Crippen LogP contribution in [0.3, 0.4) is 0 Å². The lowest BCUT2D eigenvalue weighted by atomic mass is 10.0. The van der Waals surface area contributed by atoms with E-state index < -0.39 is 52.0 Å². The highest BCUT2D eigenvalue weighted by molar-refractivity contribution is 7.89. The maximum absolute atomic E-state index is 13.0. The Morgan fingerprint density at radius 2 is 1.55 bits per heavy atom. The molecule has 210 valence electrons. The Hall–Kier alpha value is -3.02. The number of aryl methyl sites for hydroxylation is 1. The van der Waals surface area contributed by atoms with Crippen molar-refractivity contribution >= 4 is 27.9 Å². The molecule has 0 spiro atoms. The van der Waals surface area contributed by atoms with Gasteiger partial charge in [-0.1, -0.05) is 55.8 Å². The molecule has 11 heteroatoms. The Labute approximate surface area is 224 Å². The second kappa shape index (κ2) is 14.8. The number of hydrogen-bond acceptors (Lipinski definition) is 8. The number of rotatable bonds is 4. The average Bonchev–Trinajstić information content (AvgIpc) is 2.86. The van der Waals surface area contributed by atoms with E-state index in [1.807, 2.05) is 13.8 Å². The summed E-state index contributed by atoms with van der Waals surface area (Å²) in [4.78, 5) is 37.1. The Bertz CT molecular complexity index is 1110. The summed E-state index contributed by atoms with van der Waals surface area (Å²) in [7, 11) is -2.41. The number of carbonyl (C=O) groups excluding carboxylic acids is 3. The van der Waals surface area contributed by atoms with E-state index in [0.717, 1.165) is 5.56 Å². The molecule has 1 aliphatic rings. The monoisotopic (exact) mass is 550 g/mol. The number of esters is 2. The predicted octanol–water partition coefficient (Wildman–Crippen LogP) is 2.43. The Balaban J connectivity index is 2.25. The molecule has 2 rings (SSSR count). The number of nitrogens with one attached hydrogen (secondary N) is 2. The largest absolute Gasteiger partial charge is 0.464 e. The molecule has 0 saturated carbocycles. The zero-order valence-electron chi connectivity index (χ0n) is 22.5. The van der Waals surface area contributed by atoms with Crippen molar-refractivity contribution in [2.24, 2.45) is 11.8 Å². The fraction of sp³-hybridized carbons (Fsp3) is 0.519. The van der Waals surface area contributed by atoms with Gasteiger partial charge in [-0.05, 0) is 31.9 Å². The summed E-state index contributed by atoms with van der Waals surface area (Å²) < 4.78 is 44.7. The molecule has 0 aromatic heterocycles. The van der Waals surface area contributed by atoms with Crippen LogP contribution in [-0.4, -0.2) is 64.8 Å². The first-order valence-corrected chi connectivity index (χ1v) is 14.0. The first kappa shape index (κ1) is 31.2. The number of methoxy groups -OCH3 is 1. The number of benzene rings is 1. The molecular formula is C27H38N2O8S. The zero-order valence-corrected chi connectivity index (χ0v) is 23.3. The summed E-state index contributed by atoms with van der Waals surface area (Å²) in [5, 5.41) is 2.58. The lowest BCUT2D eigenvalue weighted by Gasteiger charge is -2.23. The number of hydrogen-bond donors (Lipinski definition) is 2. The third kappa shape index (κ3) is 10.0. The molecule has 0 fully saturated rings. The van der Waals surface area contributed by atoms with Crippen LogP contribution in [0.5, 0.6) is 0 Å². The second-order valence-corrected chi connectivity index (χ2v) is 11.1. The van der Waals surface area contributed by atoms with Gasteiger partial charge in [0.05, 0.1) is 23.5 Å². The van der Waals surface area contributed by atoms with Crippen LogP contribution in [0.15, 0.2) is 53.5 Å². The molecule has 0 radical (unpaired) electrons. The van der Waals surface area contributed by atoms with E-state index in [4.69, 9.17) is 14.2 Å². The zero-order chi connectivity index (χ0) is 28.3. The number of ether oxygens (including phenoxy) is 3. The minimum atomic E-state index is -3.90. The second-order valence-electron chi connectivity index (χ2n) is 9.40. The molecule has 0 saturated heterocycles. The highest BCUT2D eigenvalue weighted by atomic mass is 32.2. The van der Waals surface area contributed by atoms with Crippen LogP contribution >= 0.6 is 0 Å². The maximum atomic E-state index is 13.0. The van der Waals surface area contributed by atoms with Crippen molar-refractivity contribution in [2.45, 2.75) is 63.6 Å². The van der Waals surface area contributed by atoms with Crippen molar-refractivity contribution < 1.29 is 37.0 Å². The number of carbonyl (C=O) groups is 3.